The Morgan fingerprint density at radius 1 is 0.118 bits per heavy atom. The minimum atomic E-state index is 0. The molecule has 0 unspecified atom stereocenters. The predicted octanol–water partition coefficient (Wildman–Crippen LogP) is -9.07. The van der Waals surface area contributed by atoms with Gasteiger partial charge in [-0.05, 0) is 0 Å². The van der Waals surface area contributed by atoms with Gasteiger partial charge in [-0.3, -0.25) is 0 Å². The standard InChI is InChI=1S/11H2O.6Pr/h11*1H2;;;;;;/q;;;;;;;;;;;6*+3. The summed E-state index contributed by atoms with van der Waals surface area (Å²) in [6.07, 6.45) is 0. The van der Waals surface area contributed by atoms with E-state index in [-0.39, 0.29) is 308 Å². The first-order chi connectivity index (χ1) is 0. The first-order valence-corrected chi connectivity index (χ1v) is 0. The van der Waals surface area contributed by atoms with Gasteiger partial charge in [-0.15, -0.1) is 0 Å². The molecule has 0 bridgehead atoms. The molecule has 88 valence electrons. The van der Waals surface area contributed by atoms with Crippen LogP contribution in [-0.2, 0) is 0 Å². The Bertz CT molecular complexity index is 15.9. The molecule has 22 N–H and O–H groups in total. The van der Waals surface area contributed by atoms with E-state index in [1.165, 1.54) is 0 Å². The van der Waals surface area contributed by atoms with Crippen LogP contribution in [0.1, 0.15) is 0 Å². The third kappa shape index (κ3) is 187. The maximum atomic E-state index is 0. The molecule has 0 aliphatic heterocycles. The maximum absolute atomic E-state index is 0. The van der Waals surface area contributed by atoms with Crippen molar-refractivity contribution in [2.45, 2.75) is 0 Å². The Kier molecular flexibility index (Phi) is 2800. The van der Waals surface area contributed by atoms with E-state index in [1.807, 2.05) is 0 Å². The van der Waals surface area contributed by atoms with Crippen LogP contribution in [0.5, 0.6) is 0 Å². The maximum Gasteiger partial charge on any atom is 3.00 e. The van der Waals surface area contributed by atoms with E-state index < -0.39 is 0 Å². The molecule has 17 heteroatoms. The second-order valence-electron chi connectivity index (χ2n) is 0. The third-order valence-corrected chi connectivity index (χ3v) is 0. The van der Waals surface area contributed by atoms with E-state index in [0.29, 0.717) is 0 Å². The summed E-state index contributed by atoms with van der Waals surface area (Å²) in [5.41, 5.74) is 0. The normalized spacial score (nSPS) is 0. The average Bonchev–Trinajstić information content (AvgIpc) is 0. The van der Waals surface area contributed by atoms with Gasteiger partial charge in [0.05, 0.1) is 0 Å². The monoisotopic (exact) mass is 1040 g/mol. The summed E-state index contributed by atoms with van der Waals surface area (Å²) in [6, 6.07) is 0. The van der Waals surface area contributed by atoms with Crippen LogP contribution in [0, 0.1) is 248 Å². The zero-order chi connectivity index (χ0) is 0. The third-order valence-electron chi connectivity index (χ3n) is 0. The first-order valence-electron chi connectivity index (χ1n) is 0. The van der Waals surface area contributed by atoms with Gasteiger partial charge >= 0.3 is 248 Å². The molecule has 0 rings (SSSR count). The summed E-state index contributed by atoms with van der Waals surface area (Å²) >= 11 is 0. The Morgan fingerprint density at radius 2 is 0.118 bits per heavy atom. The predicted molar refractivity (Wildman–Crippen MR) is 39.8 cm³/mol. The molecule has 0 heterocycles. The largest absolute Gasteiger partial charge is 3.00 e. The summed E-state index contributed by atoms with van der Waals surface area (Å²) in [5, 5.41) is 0. The Balaban J connectivity index is 0. The van der Waals surface area contributed by atoms with Gasteiger partial charge in [0.1, 0.15) is 0 Å². The Morgan fingerprint density at radius 3 is 0.118 bits per heavy atom. The topological polar surface area (TPSA) is 346 Å². The van der Waals surface area contributed by atoms with Gasteiger partial charge < -0.3 is 60.2 Å². The molecule has 0 aromatic rings. The van der Waals surface area contributed by atoms with Crippen LogP contribution in [-0.4, -0.2) is 60.2 Å². The van der Waals surface area contributed by atoms with E-state index in [4.69, 9.17) is 0 Å². The smallest absolute Gasteiger partial charge is 0.412 e. The number of hydrogen-bond donors (Lipinski definition) is 0. The van der Waals surface area contributed by atoms with Crippen LogP contribution in [0.3, 0.4) is 0 Å². The van der Waals surface area contributed by atoms with Crippen molar-refractivity contribution >= 4 is 0 Å². The molecule has 0 atom stereocenters. The van der Waals surface area contributed by atoms with Gasteiger partial charge in [0, 0.05) is 0 Å². The summed E-state index contributed by atoms with van der Waals surface area (Å²) in [6.45, 7) is 0. The van der Waals surface area contributed by atoms with E-state index in [9.17, 15) is 0 Å². The summed E-state index contributed by atoms with van der Waals surface area (Å²) < 4.78 is 0. The molecule has 0 radical (unpaired) electrons. The van der Waals surface area contributed by atoms with Gasteiger partial charge in [0.2, 0.25) is 0 Å². The van der Waals surface area contributed by atoms with Crippen molar-refractivity contribution in [2.75, 3.05) is 0 Å². The van der Waals surface area contributed by atoms with Crippen molar-refractivity contribution in [3.63, 3.8) is 0 Å². The van der Waals surface area contributed by atoms with Gasteiger partial charge in [0.15, 0.2) is 0 Å². The zero-order valence-corrected chi connectivity index (χ0v) is 31.2. The van der Waals surface area contributed by atoms with E-state index >= 15 is 0 Å². The van der Waals surface area contributed by atoms with Crippen molar-refractivity contribution in [1.29, 1.82) is 0 Å². The second-order valence-corrected chi connectivity index (χ2v) is 0. The van der Waals surface area contributed by atoms with E-state index in [2.05, 4.69) is 0 Å². The van der Waals surface area contributed by atoms with Crippen molar-refractivity contribution in [2.24, 2.45) is 0 Å². The molecule has 0 aromatic carbocycles. The minimum absolute atomic E-state index is 0. The molecule has 0 aromatic heterocycles. The van der Waals surface area contributed by atoms with Crippen LogP contribution in [0.2, 0.25) is 0 Å². The van der Waals surface area contributed by atoms with Crippen LogP contribution >= 0.6 is 0 Å². The summed E-state index contributed by atoms with van der Waals surface area (Å²) in [4.78, 5) is 0. The van der Waals surface area contributed by atoms with Crippen LogP contribution in [0.4, 0.5) is 0 Å². The first kappa shape index (κ1) is 233. The fourth-order valence-corrected chi connectivity index (χ4v) is 0. The molecule has 0 spiro atoms. The van der Waals surface area contributed by atoms with Gasteiger partial charge in [-0.1, -0.05) is 0 Å². The molecule has 17 heavy (non-hydrogen) atoms. The fourth-order valence-electron chi connectivity index (χ4n) is 0. The number of rotatable bonds is 0. The SMILES string of the molecule is O.O.O.O.O.O.O.O.O.O.O.[Pr+3].[Pr+3].[Pr+3].[Pr+3].[Pr+3].[Pr+3]. The van der Waals surface area contributed by atoms with E-state index in [1.54, 1.807) is 0 Å². The van der Waals surface area contributed by atoms with E-state index in [0.717, 1.165) is 0 Å². The molecule has 11 nitrogen and oxygen atoms in total. The van der Waals surface area contributed by atoms with Crippen molar-refractivity contribution in [3.05, 3.63) is 0 Å². The molecular formula is H22O11Pr6+18. The Labute approximate surface area is 298 Å². The van der Waals surface area contributed by atoms with Gasteiger partial charge in [0.25, 0.3) is 0 Å². The van der Waals surface area contributed by atoms with Crippen LogP contribution in [0.25, 0.3) is 0 Å². The van der Waals surface area contributed by atoms with Gasteiger partial charge in [-0.25, -0.2) is 0 Å². The molecule has 0 amide bonds. The average molecular weight is 1040 g/mol. The second kappa shape index (κ2) is 205. The number of hydrogen-bond acceptors (Lipinski definition) is 0. The van der Waals surface area contributed by atoms with Crippen LogP contribution in [0.15, 0.2) is 0 Å². The van der Waals surface area contributed by atoms with Crippen LogP contribution < -0.4 is 0 Å². The van der Waals surface area contributed by atoms with Crippen molar-refractivity contribution in [3.8, 4) is 0 Å². The molecule has 0 fully saturated rings. The van der Waals surface area contributed by atoms with Crippen molar-refractivity contribution < 1.29 is 308 Å². The molecule has 0 aliphatic rings. The summed E-state index contributed by atoms with van der Waals surface area (Å²) in [5.74, 6) is 0. The molecule has 0 saturated carbocycles. The molecular weight excluding hydrogens is 1020 g/mol. The van der Waals surface area contributed by atoms with Gasteiger partial charge in [-0.2, -0.15) is 0 Å². The summed E-state index contributed by atoms with van der Waals surface area (Å²) in [7, 11) is 0. The zero-order valence-electron chi connectivity index (χ0n) is 8.96. The quantitative estimate of drug-likeness (QED) is 0.218. The van der Waals surface area contributed by atoms with Crippen molar-refractivity contribution in [1.82, 2.24) is 0 Å². The Hall–Kier alpha value is 7.74. The fraction of sp³-hybridized carbons (Fsp3) is 0. The minimum Gasteiger partial charge on any atom is -0.412 e. The molecule has 0 aliphatic carbocycles. The molecule has 0 saturated heterocycles.